The van der Waals surface area contributed by atoms with Crippen LogP contribution in [0.5, 0.6) is 0 Å². The number of carbonyl (C=O) groups excluding carboxylic acids is 1. The predicted molar refractivity (Wildman–Crippen MR) is 110 cm³/mol. The van der Waals surface area contributed by atoms with Gasteiger partial charge >= 0.3 is 0 Å². The van der Waals surface area contributed by atoms with Gasteiger partial charge in [0.15, 0.2) is 5.65 Å². The molecule has 1 fully saturated rings. The summed E-state index contributed by atoms with van der Waals surface area (Å²) in [4.78, 5) is 23.8. The van der Waals surface area contributed by atoms with Gasteiger partial charge in [-0.1, -0.05) is 36.4 Å². The molecule has 1 aliphatic carbocycles. The first-order valence-electron chi connectivity index (χ1n) is 9.81. The van der Waals surface area contributed by atoms with E-state index in [4.69, 9.17) is 5.73 Å². The molecule has 28 heavy (non-hydrogen) atoms. The number of fused-ring (bicyclic) bond motifs is 3. The Morgan fingerprint density at radius 3 is 2.82 bits per heavy atom. The van der Waals surface area contributed by atoms with E-state index in [9.17, 15) is 4.79 Å². The van der Waals surface area contributed by atoms with Crippen molar-refractivity contribution in [3.8, 4) is 0 Å². The number of nitrogen functional groups attached to an aromatic ring is 1. The molecule has 2 aliphatic rings. The van der Waals surface area contributed by atoms with E-state index in [-0.39, 0.29) is 11.3 Å². The Morgan fingerprint density at radius 1 is 1.25 bits per heavy atom. The van der Waals surface area contributed by atoms with Crippen molar-refractivity contribution in [1.82, 2.24) is 19.4 Å². The molecule has 0 atom stereocenters. The van der Waals surface area contributed by atoms with Crippen molar-refractivity contribution in [2.75, 3.05) is 18.8 Å². The molecular weight excluding hydrogens is 350 g/mol. The first kappa shape index (κ1) is 17.0. The number of allylic oxidation sites excluding steroid dienone is 1. The summed E-state index contributed by atoms with van der Waals surface area (Å²) in [6, 6.07) is 10.4. The molecule has 1 spiro atoms. The van der Waals surface area contributed by atoms with E-state index in [0.29, 0.717) is 23.6 Å². The highest BCUT2D eigenvalue weighted by Crippen LogP contribution is 2.43. The summed E-state index contributed by atoms with van der Waals surface area (Å²) in [6.07, 6.45) is 8.08. The van der Waals surface area contributed by atoms with E-state index >= 15 is 0 Å². The second kappa shape index (κ2) is 6.19. The van der Waals surface area contributed by atoms with Crippen LogP contribution >= 0.6 is 0 Å². The normalized spacial score (nSPS) is 17.4. The van der Waals surface area contributed by atoms with E-state index in [2.05, 4.69) is 46.4 Å². The fourth-order valence-corrected chi connectivity index (χ4v) is 4.62. The van der Waals surface area contributed by atoms with E-state index in [0.717, 1.165) is 31.6 Å². The van der Waals surface area contributed by atoms with Crippen LogP contribution in [0.1, 0.15) is 41.3 Å². The molecule has 1 aliphatic heterocycles. The lowest BCUT2D eigenvalue weighted by atomic mass is 9.74. The fourth-order valence-electron chi connectivity index (χ4n) is 4.62. The van der Waals surface area contributed by atoms with Gasteiger partial charge in [-0.25, -0.2) is 9.97 Å². The van der Waals surface area contributed by atoms with Crippen LogP contribution in [0, 0.1) is 0 Å². The van der Waals surface area contributed by atoms with E-state index in [1.54, 1.807) is 6.20 Å². The summed E-state index contributed by atoms with van der Waals surface area (Å²) in [5.41, 5.74) is 10.7. The van der Waals surface area contributed by atoms with Crippen molar-refractivity contribution in [3.05, 3.63) is 59.3 Å². The predicted octanol–water partition coefficient (Wildman–Crippen LogP) is 3.23. The summed E-state index contributed by atoms with van der Waals surface area (Å²) in [6.45, 7) is 4.17. The molecule has 0 radical (unpaired) electrons. The Kier molecular flexibility index (Phi) is 3.75. The molecule has 1 saturated heterocycles. The summed E-state index contributed by atoms with van der Waals surface area (Å²) in [5, 5.41) is 0. The molecule has 0 saturated carbocycles. The number of amides is 1. The first-order valence-corrected chi connectivity index (χ1v) is 9.81. The number of rotatable bonds is 2. The molecule has 6 heteroatoms. The number of nitrogens with two attached hydrogens (primary N) is 1. The van der Waals surface area contributed by atoms with Crippen molar-refractivity contribution in [2.24, 2.45) is 0 Å². The first-order chi connectivity index (χ1) is 13.6. The van der Waals surface area contributed by atoms with Crippen LogP contribution in [0.2, 0.25) is 0 Å². The van der Waals surface area contributed by atoms with Gasteiger partial charge in [-0.15, -0.1) is 0 Å². The number of aromatic nitrogens is 3. The number of piperidine rings is 1. The highest BCUT2D eigenvalue weighted by Gasteiger charge is 2.39. The summed E-state index contributed by atoms with van der Waals surface area (Å²) >= 11 is 0. The van der Waals surface area contributed by atoms with E-state index in [1.807, 2.05) is 22.5 Å². The van der Waals surface area contributed by atoms with Gasteiger partial charge in [0.05, 0.1) is 5.56 Å². The monoisotopic (exact) mass is 373 g/mol. The van der Waals surface area contributed by atoms with Crippen molar-refractivity contribution >= 4 is 29.1 Å². The SMILES string of the molecule is CCn1c(N)nc2cc(C(=O)N3CCC4(C=Cc5ccccc54)CC3)cnc21. The number of carbonyl (C=O) groups is 1. The largest absolute Gasteiger partial charge is 0.369 e. The Bertz CT molecular complexity index is 1110. The molecule has 2 N–H and O–H groups in total. The Morgan fingerprint density at radius 2 is 2.04 bits per heavy atom. The molecule has 1 aromatic carbocycles. The Balaban J connectivity index is 1.37. The molecule has 3 aromatic rings. The zero-order valence-electron chi connectivity index (χ0n) is 15.9. The molecular formula is C22H23N5O. The van der Waals surface area contributed by atoms with E-state index in [1.165, 1.54) is 11.1 Å². The van der Waals surface area contributed by atoms with Gasteiger partial charge in [-0.2, -0.15) is 0 Å². The molecule has 3 heterocycles. The third-order valence-corrected chi connectivity index (χ3v) is 6.20. The van der Waals surface area contributed by atoms with Crippen molar-refractivity contribution in [2.45, 2.75) is 31.7 Å². The van der Waals surface area contributed by atoms with Gasteiger partial charge in [-0.3, -0.25) is 9.36 Å². The molecule has 142 valence electrons. The number of benzene rings is 1. The highest BCUT2D eigenvalue weighted by atomic mass is 16.2. The smallest absolute Gasteiger partial charge is 0.255 e. The van der Waals surface area contributed by atoms with Gasteiger partial charge in [0.1, 0.15) is 5.52 Å². The Labute approximate surface area is 163 Å². The zero-order valence-corrected chi connectivity index (χ0v) is 15.9. The minimum Gasteiger partial charge on any atom is -0.369 e. The Hall–Kier alpha value is -3.15. The average molecular weight is 373 g/mol. The van der Waals surface area contributed by atoms with Crippen LogP contribution in [0.3, 0.4) is 0 Å². The van der Waals surface area contributed by atoms with Gasteiger partial charge in [-0.05, 0) is 37.0 Å². The molecule has 6 nitrogen and oxygen atoms in total. The van der Waals surface area contributed by atoms with Crippen LogP contribution in [-0.2, 0) is 12.0 Å². The van der Waals surface area contributed by atoms with Gasteiger partial charge < -0.3 is 10.6 Å². The third-order valence-electron chi connectivity index (χ3n) is 6.20. The number of anilines is 1. The lowest BCUT2D eigenvalue weighted by molar-refractivity contribution is 0.0690. The molecule has 0 bridgehead atoms. The third kappa shape index (κ3) is 2.44. The zero-order chi connectivity index (χ0) is 19.3. The number of imidazole rings is 1. The van der Waals surface area contributed by atoms with Crippen molar-refractivity contribution in [1.29, 1.82) is 0 Å². The molecule has 2 aromatic heterocycles. The maximum absolute atomic E-state index is 13.1. The minimum absolute atomic E-state index is 0.0177. The summed E-state index contributed by atoms with van der Waals surface area (Å²) in [5.74, 6) is 0.449. The van der Waals surface area contributed by atoms with Gasteiger partial charge in [0, 0.05) is 31.2 Å². The second-order valence-corrected chi connectivity index (χ2v) is 7.65. The van der Waals surface area contributed by atoms with Crippen LogP contribution in [0.25, 0.3) is 17.2 Å². The quantitative estimate of drug-likeness (QED) is 0.748. The second-order valence-electron chi connectivity index (χ2n) is 7.65. The van der Waals surface area contributed by atoms with Crippen LogP contribution in [0.4, 0.5) is 5.95 Å². The van der Waals surface area contributed by atoms with Crippen molar-refractivity contribution < 1.29 is 4.79 Å². The summed E-state index contributed by atoms with van der Waals surface area (Å²) < 4.78 is 1.85. The number of likely N-dealkylation sites (tertiary alicyclic amines) is 1. The van der Waals surface area contributed by atoms with Crippen LogP contribution < -0.4 is 5.73 Å². The topological polar surface area (TPSA) is 77.0 Å². The lowest BCUT2D eigenvalue weighted by Crippen LogP contribution is -2.44. The fraction of sp³-hybridized carbons (Fsp3) is 0.318. The number of nitrogens with zero attached hydrogens (tertiary/aromatic N) is 4. The molecule has 5 rings (SSSR count). The van der Waals surface area contributed by atoms with E-state index < -0.39 is 0 Å². The van der Waals surface area contributed by atoms with Gasteiger partial charge in [0.2, 0.25) is 5.95 Å². The number of hydrogen-bond acceptors (Lipinski definition) is 4. The average Bonchev–Trinajstić information content (AvgIpc) is 3.24. The molecule has 1 amide bonds. The maximum Gasteiger partial charge on any atom is 0.255 e. The lowest BCUT2D eigenvalue weighted by Gasteiger charge is -2.39. The minimum atomic E-state index is 0.0177. The maximum atomic E-state index is 13.1. The molecule has 0 unspecified atom stereocenters. The number of aryl methyl sites for hydroxylation is 1. The van der Waals surface area contributed by atoms with Crippen LogP contribution in [-0.4, -0.2) is 38.4 Å². The standard InChI is InChI=1S/C22H23N5O/c1-2-27-19-18(25-21(27)23)13-16(14-24-19)20(28)26-11-9-22(10-12-26)8-7-15-5-3-4-6-17(15)22/h3-8,13-14H,2,9-12H2,1H3,(H2,23,25). The van der Waals surface area contributed by atoms with Gasteiger partial charge in [0.25, 0.3) is 5.91 Å². The number of hydrogen-bond donors (Lipinski definition) is 1. The van der Waals surface area contributed by atoms with Crippen molar-refractivity contribution in [3.63, 3.8) is 0 Å². The highest BCUT2D eigenvalue weighted by molar-refractivity contribution is 5.96. The van der Waals surface area contributed by atoms with Crippen LogP contribution in [0.15, 0.2) is 42.6 Å². The number of pyridine rings is 1. The summed E-state index contributed by atoms with van der Waals surface area (Å²) in [7, 11) is 0.